The van der Waals surface area contributed by atoms with E-state index in [2.05, 4.69) is 42.1 Å². The Labute approximate surface area is 92.5 Å². The number of hydrogen-bond acceptors (Lipinski definition) is 3. The van der Waals surface area contributed by atoms with Crippen LogP contribution in [0, 0.1) is 0 Å². The summed E-state index contributed by atoms with van der Waals surface area (Å²) >= 11 is 0. The molecule has 0 spiro atoms. The van der Waals surface area contributed by atoms with Crippen molar-refractivity contribution in [3.8, 4) is 0 Å². The first-order valence-electron chi connectivity index (χ1n) is 5.16. The molecule has 0 unspecified atom stereocenters. The van der Waals surface area contributed by atoms with E-state index >= 15 is 0 Å². The van der Waals surface area contributed by atoms with Crippen molar-refractivity contribution in [2.24, 2.45) is 0 Å². The number of nitrogen functional groups attached to an aromatic ring is 1. The first-order valence-corrected chi connectivity index (χ1v) is 5.16. The summed E-state index contributed by atoms with van der Waals surface area (Å²) < 4.78 is 0. The van der Waals surface area contributed by atoms with Crippen LogP contribution in [-0.4, -0.2) is 38.0 Å². The number of nitrogens with zero attached hydrogens (tertiary/aromatic N) is 2. The van der Waals surface area contributed by atoms with E-state index in [0.29, 0.717) is 0 Å². The summed E-state index contributed by atoms with van der Waals surface area (Å²) in [6.45, 7) is 1.83. The molecule has 84 valence electrons. The summed E-state index contributed by atoms with van der Waals surface area (Å²) in [5.74, 6) is 0. The zero-order chi connectivity index (χ0) is 11.4. The number of anilines is 1. The fourth-order valence-corrected chi connectivity index (χ4v) is 1.59. The minimum atomic E-state index is 0.892. The van der Waals surface area contributed by atoms with Crippen LogP contribution in [0.25, 0.3) is 0 Å². The second-order valence-electron chi connectivity index (χ2n) is 4.51. The Bertz CT molecular complexity index is 319. The maximum absolute atomic E-state index is 6.00. The molecule has 0 amide bonds. The summed E-state index contributed by atoms with van der Waals surface area (Å²) in [6, 6.07) is 6.34. The van der Waals surface area contributed by atoms with Gasteiger partial charge in [0.05, 0.1) is 0 Å². The molecule has 0 radical (unpaired) electrons. The van der Waals surface area contributed by atoms with Crippen molar-refractivity contribution in [2.75, 3.05) is 33.9 Å². The Kier molecular flexibility index (Phi) is 4.12. The highest BCUT2D eigenvalue weighted by molar-refractivity contribution is 5.49. The first-order chi connectivity index (χ1) is 6.99. The van der Waals surface area contributed by atoms with Gasteiger partial charge >= 0.3 is 0 Å². The molecule has 0 atom stereocenters. The van der Waals surface area contributed by atoms with Crippen LogP contribution in [0.5, 0.6) is 0 Å². The molecule has 0 heterocycles. The van der Waals surface area contributed by atoms with E-state index in [-0.39, 0.29) is 0 Å². The normalized spacial score (nSPS) is 11.3. The van der Waals surface area contributed by atoms with Gasteiger partial charge in [0.25, 0.3) is 0 Å². The van der Waals surface area contributed by atoms with E-state index in [1.807, 2.05) is 14.1 Å². The monoisotopic (exact) mass is 207 g/mol. The van der Waals surface area contributed by atoms with Gasteiger partial charge in [-0.05, 0) is 45.4 Å². The lowest BCUT2D eigenvalue weighted by molar-refractivity contribution is 0.399. The highest BCUT2D eigenvalue weighted by Gasteiger charge is 2.02. The topological polar surface area (TPSA) is 32.5 Å². The van der Waals surface area contributed by atoms with E-state index in [1.165, 1.54) is 11.1 Å². The average Bonchev–Trinajstić information content (AvgIpc) is 2.08. The van der Waals surface area contributed by atoms with Gasteiger partial charge in [-0.15, -0.1) is 0 Å². The van der Waals surface area contributed by atoms with E-state index in [1.54, 1.807) is 0 Å². The van der Waals surface area contributed by atoms with Crippen molar-refractivity contribution in [1.82, 2.24) is 9.80 Å². The third kappa shape index (κ3) is 3.90. The third-order valence-corrected chi connectivity index (χ3v) is 2.20. The minimum absolute atomic E-state index is 0.892. The van der Waals surface area contributed by atoms with Gasteiger partial charge in [-0.2, -0.15) is 0 Å². The van der Waals surface area contributed by atoms with E-state index in [9.17, 15) is 0 Å². The van der Waals surface area contributed by atoms with Crippen LogP contribution >= 0.6 is 0 Å². The molecule has 0 saturated heterocycles. The molecule has 3 heteroatoms. The zero-order valence-corrected chi connectivity index (χ0v) is 10.1. The van der Waals surface area contributed by atoms with Crippen LogP contribution in [0.1, 0.15) is 11.1 Å². The Balaban J connectivity index is 2.78. The molecular weight excluding hydrogens is 186 g/mol. The van der Waals surface area contributed by atoms with E-state index in [4.69, 9.17) is 5.73 Å². The van der Waals surface area contributed by atoms with Crippen molar-refractivity contribution < 1.29 is 0 Å². The molecule has 3 nitrogen and oxygen atoms in total. The maximum Gasteiger partial charge on any atom is 0.0362 e. The predicted molar refractivity (Wildman–Crippen MR) is 65.6 cm³/mol. The molecule has 0 bridgehead atoms. The number of hydrogen-bond donors (Lipinski definition) is 1. The Morgan fingerprint density at radius 1 is 1.00 bits per heavy atom. The summed E-state index contributed by atoms with van der Waals surface area (Å²) in [7, 11) is 8.22. The largest absolute Gasteiger partial charge is 0.398 e. The van der Waals surface area contributed by atoms with Gasteiger partial charge in [-0.1, -0.05) is 12.1 Å². The third-order valence-electron chi connectivity index (χ3n) is 2.20. The van der Waals surface area contributed by atoms with Crippen molar-refractivity contribution in [2.45, 2.75) is 13.1 Å². The molecular formula is C12H21N3. The highest BCUT2D eigenvalue weighted by atomic mass is 15.1. The van der Waals surface area contributed by atoms with E-state index in [0.717, 1.165) is 18.8 Å². The summed E-state index contributed by atoms with van der Waals surface area (Å²) in [5, 5.41) is 0. The molecule has 0 saturated carbocycles. The lowest BCUT2D eigenvalue weighted by Crippen LogP contribution is -2.14. The van der Waals surface area contributed by atoms with Crippen LogP contribution < -0.4 is 5.73 Å². The average molecular weight is 207 g/mol. The molecule has 1 aromatic carbocycles. The maximum atomic E-state index is 6.00. The summed E-state index contributed by atoms with van der Waals surface area (Å²) in [5.41, 5.74) is 9.35. The Morgan fingerprint density at radius 2 is 1.60 bits per heavy atom. The van der Waals surface area contributed by atoms with Crippen LogP contribution in [0.4, 0.5) is 5.69 Å². The molecule has 0 aliphatic heterocycles. The van der Waals surface area contributed by atoms with Crippen LogP contribution in [0.15, 0.2) is 18.2 Å². The van der Waals surface area contributed by atoms with Crippen molar-refractivity contribution in [3.05, 3.63) is 29.3 Å². The molecule has 2 N–H and O–H groups in total. The number of rotatable bonds is 4. The van der Waals surface area contributed by atoms with Gasteiger partial charge in [-0.25, -0.2) is 0 Å². The van der Waals surface area contributed by atoms with Crippen molar-refractivity contribution in [3.63, 3.8) is 0 Å². The summed E-state index contributed by atoms with van der Waals surface area (Å²) in [4.78, 5) is 4.26. The second-order valence-corrected chi connectivity index (χ2v) is 4.51. The molecule has 0 aliphatic carbocycles. The molecule has 0 aromatic heterocycles. The SMILES string of the molecule is CN(C)Cc1ccc(CN(C)C)c(N)c1. The van der Waals surface area contributed by atoms with Crippen LogP contribution in [0.3, 0.4) is 0 Å². The van der Waals surface area contributed by atoms with Gasteiger partial charge in [0.15, 0.2) is 0 Å². The zero-order valence-electron chi connectivity index (χ0n) is 10.1. The van der Waals surface area contributed by atoms with Gasteiger partial charge in [0, 0.05) is 18.8 Å². The molecule has 0 aliphatic rings. The fraction of sp³-hybridized carbons (Fsp3) is 0.500. The predicted octanol–water partition coefficient (Wildman–Crippen LogP) is 1.39. The minimum Gasteiger partial charge on any atom is -0.398 e. The Morgan fingerprint density at radius 3 is 2.07 bits per heavy atom. The summed E-state index contributed by atoms with van der Waals surface area (Å²) in [6.07, 6.45) is 0. The fourth-order valence-electron chi connectivity index (χ4n) is 1.59. The smallest absolute Gasteiger partial charge is 0.0362 e. The van der Waals surface area contributed by atoms with Gasteiger partial charge < -0.3 is 15.5 Å². The lowest BCUT2D eigenvalue weighted by Gasteiger charge is -2.14. The Hall–Kier alpha value is -1.06. The van der Waals surface area contributed by atoms with Crippen molar-refractivity contribution >= 4 is 5.69 Å². The van der Waals surface area contributed by atoms with Crippen LogP contribution in [-0.2, 0) is 13.1 Å². The van der Waals surface area contributed by atoms with Crippen LogP contribution in [0.2, 0.25) is 0 Å². The quantitative estimate of drug-likeness (QED) is 0.757. The lowest BCUT2D eigenvalue weighted by atomic mass is 10.1. The standard InChI is InChI=1S/C12H21N3/c1-14(2)8-10-5-6-11(9-15(3)4)12(13)7-10/h5-7H,8-9,13H2,1-4H3. The first kappa shape index (κ1) is 12.0. The number of nitrogens with two attached hydrogens (primary N) is 1. The number of benzene rings is 1. The van der Waals surface area contributed by atoms with Gasteiger partial charge in [0.1, 0.15) is 0 Å². The molecule has 15 heavy (non-hydrogen) atoms. The highest BCUT2D eigenvalue weighted by Crippen LogP contribution is 2.16. The molecule has 0 fully saturated rings. The van der Waals surface area contributed by atoms with Crippen molar-refractivity contribution in [1.29, 1.82) is 0 Å². The van der Waals surface area contributed by atoms with Gasteiger partial charge in [-0.3, -0.25) is 0 Å². The van der Waals surface area contributed by atoms with Gasteiger partial charge in [0.2, 0.25) is 0 Å². The van der Waals surface area contributed by atoms with E-state index < -0.39 is 0 Å². The molecule has 1 aromatic rings. The molecule has 1 rings (SSSR count). The second kappa shape index (κ2) is 5.14.